The van der Waals surface area contributed by atoms with Crippen LogP contribution in [0.1, 0.15) is 43.4 Å². The molecular weight excluding hydrogens is 416 g/mol. The van der Waals surface area contributed by atoms with E-state index in [4.69, 9.17) is 4.74 Å². The predicted octanol–water partition coefficient (Wildman–Crippen LogP) is 4.94. The van der Waals surface area contributed by atoms with Crippen molar-refractivity contribution in [2.24, 2.45) is 5.92 Å². The molecule has 150 valence electrons. The Balaban J connectivity index is 1.50. The first-order valence-electron chi connectivity index (χ1n) is 10.00. The van der Waals surface area contributed by atoms with Gasteiger partial charge in [0.15, 0.2) is 0 Å². The standard InChI is InChI=1S/C23H29BrN2O2/c1-3-22(18-6-10-21(28-2)11-7-18)25-23(27)19-12-14-26(15-13-19)16-17-4-8-20(24)9-5-17/h4-11,19,22H,3,12-16H2,1-2H3,(H,25,27). The lowest BCUT2D eigenvalue weighted by Crippen LogP contribution is -2.41. The minimum Gasteiger partial charge on any atom is -0.497 e. The molecule has 0 bridgehead atoms. The van der Waals surface area contributed by atoms with Crippen LogP contribution in [-0.2, 0) is 11.3 Å². The van der Waals surface area contributed by atoms with Crippen molar-refractivity contribution in [3.63, 3.8) is 0 Å². The minimum absolute atomic E-state index is 0.0548. The summed E-state index contributed by atoms with van der Waals surface area (Å²) in [6.45, 7) is 4.99. The second-order valence-corrected chi connectivity index (χ2v) is 8.34. The van der Waals surface area contributed by atoms with Crippen LogP contribution >= 0.6 is 15.9 Å². The number of hydrogen-bond donors (Lipinski definition) is 1. The average molecular weight is 445 g/mol. The molecule has 1 aliphatic heterocycles. The molecule has 28 heavy (non-hydrogen) atoms. The summed E-state index contributed by atoms with van der Waals surface area (Å²) < 4.78 is 6.33. The predicted molar refractivity (Wildman–Crippen MR) is 116 cm³/mol. The highest BCUT2D eigenvalue weighted by molar-refractivity contribution is 9.10. The van der Waals surface area contributed by atoms with Crippen molar-refractivity contribution in [3.05, 3.63) is 64.1 Å². The van der Waals surface area contributed by atoms with Crippen LogP contribution < -0.4 is 10.1 Å². The zero-order valence-corrected chi connectivity index (χ0v) is 18.2. The van der Waals surface area contributed by atoms with E-state index < -0.39 is 0 Å². The van der Waals surface area contributed by atoms with Gasteiger partial charge < -0.3 is 10.1 Å². The van der Waals surface area contributed by atoms with Crippen LogP contribution in [0.2, 0.25) is 0 Å². The smallest absolute Gasteiger partial charge is 0.223 e. The van der Waals surface area contributed by atoms with Crippen molar-refractivity contribution in [1.82, 2.24) is 10.2 Å². The Morgan fingerprint density at radius 1 is 1.14 bits per heavy atom. The molecule has 1 heterocycles. The number of carbonyl (C=O) groups is 1. The fourth-order valence-corrected chi connectivity index (χ4v) is 4.01. The quantitative estimate of drug-likeness (QED) is 0.657. The molecule has 1 saturated heterocycles. The summed E-state index contributed by atoms with van der Waals surface area (Å²) in [5, 5.41) is 3.26. The first-order chi connectivity index (χ1) is 13.6. The molecule has 2 aromatic rings. The summed E-state index contributed by atoms with van der Waals surface area (Å²) >= 11 is 3.48. The van der Waals surface area contributed by atoms with Gasteiger partial charge >= 0.3 is 0 Å². The molecule has 1 amide bonds. The van der Waals surface area contributed by atoms with Gasteiger partial charge in [0.1, 0.15) is 5.75 Å². The van der Waals surface area contributed by atoms with Crippen molar-refractivity contribution in [1.29, 1.82) is 0 Å². The number of ether oxygens (including phenoxy) is 1. The number of nitrogens with zero attached hydrogens (tertiary/aromatic N) is 1. The van der Waals surface area contributed by atoms with E-state index in [9.17, 15) is 4.79 Å². The molecule has 0 spiro atoms. The molecule has 1 N–H and O–H groups in total. The molecule has 2 aromatic carbocycles. The van der Waals surface area contributed by atoms with Crippen molar-refractivity contribution in [3.8, 4) is 5.75 Å². The minimum atomic E-state index is 0.0548. The third kappa shape index (κ3) is 5.58. The highest BCUT2D eigenvalue weighted by Crippen LogP contribution is 2.24. The Morgan fingerprint density at radius 2 is 1.79 bits per heavy atom. The summed E-state index contributed by atoms with van der Waals surface area (Å²) in [6.07, 6.45) is 2.71. The highest BCUT2D eigenvalue weighted by atomic mass is 79.9. The Kier molecular flexibility index (Phi) is 7.51. The lowest BCUT2D eigenvalue weighted by molar-refractivity contribution is -0.127. The molecular formula is C23H29BrN2O2. The van der Waals surface area contributed by atoms with Gasteiger partial charge in [-0.3, -0.25) is 9.69 Å². The largest absolute Gasteiger partial charge is 0.497 e. The Labute approximate surface area is 176 Å². The number of hydrogen-bond acceptors (Lipinski definition) is 3. The third-order valence-electron chi connectivity index (χ3n) is 5.52. The van der Waals surface area contributed by atoms with Crippen LogP contribution in [0.25, 0.3) is 0 Å². The molecule has 5 heteroatoms. The van der Waals surface area contributed by atoms with Gasteiger partial charge in [0.2, 0.25) is 5.91 Å². The Bertz CT molecular complexity index is 753. The molecule has 1 aliphatic rings. The van der Waals surface area contributed by atoms with E-state index in [1.807, 2.05) is 24.3 Å². The zero-order valence-electron chi connectivity index (χ0n) is 16.7. The Hall–Kier alpha value is -1.85. The number of carbonyl (C=O) groups excluding carboxylic acids is 1. The lowest BCUT2D eigenvalue weighted by atomic mass is 9.94. The molecule has 4 nitrogen and oxygen atoms in total. The first-order valence-corrected chi connectivity index (χ1v) is 10.8. The van der Waals surface area contributed by atoms with Gasteiger partial charge in [0.25, 0.3) is 0 Å². The number of rotatable bonds is 7. The molecule has 0 radical (unpaired) electrons. The van der Waals surface area contributed by atoms with Crippen molar-refractivity contribution in [2.75, 3.05) is 20.2 Å². The molecule has 3 rings (SSSR count). The second kappa shape index (κ2) is 10.1. The van der Waals surface area contributed by atoms with E-state index in [-0.39, 0.29) is 17.9 Å². The fraction of sp³-hybridized carbons (Fsp3) is 0.435. The maximum atomic E-state index is 12.8. The summed E-state index contributed by atoms with van der Waals surface area (Å²) in [6, 6.07) is 16.5. The van der Waals surface area contributed by atoms with E-state index in [1.54, 1.807) is 7.11 Å². The number of methoxy groups -OCH3 is 1. The summed E-state index contributed by atoms with van der Waals surface area (Å²) in [7, 11) is 1.66. The first kappa shape index (κ1) is 20.9. The number of likely N-dealkylation sites (tertiary alicyclic amines) is 1. The van der Waals surface area contributed by atoms with Crippen LogP contribution in [0.15, 0.2) is 53.0 Å². The van der Waals surface area contributed by atoms with Gasteiger partial charge in [-0.1, -0.05) is 47.1 Å². The number of amides is 1. The van der Waals surface area contributed by atoms with Crippen LogP contribution in [0.5, 0.6) is 5.75 Å². The van der Waals surface area contributed by atoms with Crippen molar-refractivity contribution >= 4 is 21.8 Å². The molecule has 0 aliphatic carbocycles. The second-order valence-electron chi connectivity index (χ2n) is 7.42. The molecule has 0 aromatic heterocycles. The molecule has 0 saturated carbocycles. The SMILES string of the molecule is CCC(NC(=O)C1CCN(Cc2ccc(Br)cc2)CC1)c1ccc(OC)cc1. The number of halogens is 1. The highest BCUT2D eigenvalue weighted by Gasteiger charge is 2.26. The summed E-state index contributed by atoms with van der Waals surface area (Å²) in [5.74, 6) is 1.13. The normalized spacial score (nSPS) is 16.5. The van der Waals surface area contributed by atoms with Crippen LogP contribution in [0, 0.1) is 5.92 Å². The van der Waals surface area contributed by atoms with E-state index in [0.717, 1.165) is 54.7 Å². The monoisotopic (exact) mass is 444 g/mol. The van der Waals surface area contributed by atoms with E-state index in [2.05, 4.69) is 57.3 Å². The maximum Gasteiger partial charge on any atom is 0.223 e. The van der Waals surface area contributed by atoms with Gasteiger partial charge in [0, 0.05) is 16.9 Å². The fourth-order valence-electron chi connectivity index (χ4n) is 3.75. The van der Waals surface area contributed by atoms with Crippen LogP contribution in [0.3, 0.4) is 0 Å². The van der Waals surface area contributed by atoms with E-state index in [1.165, 1.54) is 5.56 Å². The average Bonchev–Trinajstić information content (AvgIpc) is 2.74. The third-order valence-corrected chi connectivity index (χ3v) is 6.05. The number of nitrogens with one attached hydrogen (secondary N) is 1. The van der Waals surface area contributed by atoms with Crippen LogP contribution in [0.4, 0.5) is 0 Å². The molecule has 1 atom stereocenters. The summed E-state index contributed by atoms with van der Waals surface area (Å²) in [4.78, 5) is 15.2. The van der Waals surface area contributed by atoms with E-state index >= 15 is 0 Å². The van der Waals surface area contributed by atoms with Gasteiger partial charge in [-0.2, -0.15) is 0 Å². The van der Waals surface area contributed by atoms with Gasteiger partial charge in [-0.15, -0.1) is 0 Å². The number of benzene rings is 2. The van der Waals surface area contributed by atoms with Gasteiger partial charge in [-0.25, -0.2) is 0 Å². The van der Waals surface area contributed by atoms with Gasteiger partial charge in [-0.05, 0) is 67.7 Å². The van der Waals surface area contributed by atoms with Gasteiger partial charge in [0.05, 0.1) is 13.2 Å². The Morgan fingerprint density at radius 3 is 2.36 bits per heavy atom. The van der Waals surface area contributed by atoms with Crippen molar-refractivity contribution < 1.29 is 9.53 Å². The topological polar surface area (TPSA) is 41.6 Å². The molecule has 1 fully saturated rings. The lowest BCUT2D eigenvalue weighted by Gasteiger charge is -2.32. The van der Waals surface area contributed by atoms with E-state index in [0.29, 0.717) is 0 Å². The zero-order chi connectivity index (χ0) is 19.9. The molecule has 1 unspecified atom stereocenters. The van der Waals surface area contributed by atoms with Crippen LogP contribution in [-0.4, -0.2) is 31.0 Å². The van der Waals surface area contributed by atoms with Crippen molar-refractivity contribution in [2.45, 2.75) is 38.8 Å². The summed E-state index contributed by atoms with van der Waals surface area (Å²) in [5.41, 5.74) is 2.45. The maximum absolute atomic E-state index is 12.8. The number of piperidine rings is 1.